The van der Waals surface area contributed by atoms with E-state index in [-0.39, 0.29) is 25.7 Å². The van der Waals surface area contributed by atoms with E-state index in [1.165, 1.54) is 148 Å². The lowest BCUT2D eigenvalue weighted by Gasteiger charge is -2.21. The Balaban J connectivity index is 5.20. The van der Waals surface area contributed by atoms with Crippen molar-refractivity contribution >= 4 is 39.5 Å². The van der Waals surface area contributed by atoms with E-state index in [2.05, 4.69) is 55.4 Å². The quantitative estimate of drug-likeness (QED) is 0.0222. The second-order valence-electron chi connectivity index (χ2n) is 27.9. The van der Waals surface area contributed by atoms with E-state index < -0.39 is 97.5 Å². The minimum Gasteiger partial charge on any atom is -0.462 e. The number of phosphoric ester groups is 2. The fraction of sp³-hybridized carbons (Fsp3) is 0.944. The molecule has 0 saturated heterocycles. The Labute approximate surface area is 556 Å². The van der Waals surface area contributed by atoms with Crippen molar-refractivity contribution in [2.45, 2.75) is 375 Å². The van der Waals surface area contributed by atoms with Gasteiger partial charge < -0.3 is 33.8 Å². The summed E-state index contributed by atoms with van der Waals surface area (Å²) in [6.07, 6.45) is 44.7. The average Bonchev–Trinajstić information content (AvgIpc) is 2.02. The zero-order chi connectivity index (χ0) is 67.5. The maximum absolute atomic E-state index is 13.0. The molecule has 0 saturated carbocycles. The molecule has 0 radical (unpaired) electrons. The largest absolute Gasteiger partial charge is 0.472 e. The molecule has 17 nitrogen and oxygen atoms in total. The lowest BCUT2D eigenvalue weighted by Crippen LogP contribution is -2.30. The molecular formula is C72H140O17P2. The number of hydrogen-bond donors (Lipinski definition) is 3. The monoisotopic (exact) mass is 1340 g/mol. The first-order valence-electron chi connectivity index (χ1n) is 37.2. The summed E-state index contributed by atoms with van der Waals surface area (Å²) < 4.78 is 68.3. The molecular weight excluding hydrogens is 1200 g/mol. The second-order valence-corrected chi connectivity index (χ2v) is 30.8. The van der Waals surface area contributed by atoms with E-state index in [4.69, 9.17) is 37.0 Å². The third-order valence-electron chi connectivity index (χ3n) is 16.6. The molecule has 2 unspecified atom stereocenters. The molecule has 91 heavy (non-hydrogen) atoms. The number of ether oxygens (including phenoxy) is 4. The zero-order valence-electron chi connectivity index (χ0n) is 59.5. The van der Waals surface area contributed by atoms with Crippen LogP contribution in [0.3, 0.4) is 0 Å². The molecule has 0 aliphatic carbocycles. The number of hydrogen-bond acceptors (Lipinski definition) is 15. The minimum atomic E-state index is -4.95. The highest BCUT2D eigenvalue weighted by Gasteiger charge is 2.30. The normalized spacial score (nSPS) is 14.2. The van der Waals surface area contributed by atoms with Crippen LogP contribution in [-0.4, -0.2) is 96.7 Å². The lowest BCUT2D eigenvalue weighted by atomic mass is 10.0. The SMILES string of the molecule is CC(C)CCCCCCCCCCCCCCCCCCC(=O)O[C@H](COC(=O)CCCCCCCCCC(C)C)COP(=O)(O)OC[C@@H](O)COP(=O)(O)OC[C@@H](COC(=O)CCCCCCCCC(C)C)OC(=O)CCCCCCCCCCCCC(C)C. The van der Waals surface area contributed by atoms with Gasteiger partial charge in [0.1, 0.15) is 19.3 Å². The fourth-order valence-corrected chi connectivity index (χ4v) is 12.4. The van der Waals surface area contributed by atoms with Crippen molar-refractivity contribution in [3.63, 3.8) is 0 Å². The van der Waals surface area contributed by atoms with Crippen LogP contribution < -0.4 is 0 Å². The number of carbonyl (C=O) groups excluding carboxylic acids is 4. The van der Waals surface area contributed by atoms with Gasteiger partial charge in [-0.1, -0.05) is 306 Å². The van der Waals surface area contributed by atoms with Gasteiger partial charge in [-0.3, -0.25) is 37.3 Å². The summed E-state index contributed by atoms with van der Waals surface area (Å²) >= 11 is 0. The molecule has 0 amide bonds. The van der Waals surface area contributed by atoms with Gasteiger partial charge in [0.25, 0.3) is 0 Å². The van der Waals surface area contributed by atoms with E-state index in [1.807, 2.05) is 0 Å². The first kappa shape index (κ1) is 89.1. The van der Waals surface area contributed by atoms with Crippen LogP contribution in [0.1, 0.15) is 357 Å². The van der Waals surface area contributed by atoms with Gasteiger partial charge in [-0.15, -0.1) is 0 Å². The second kappa shape index (κ2) is 61.6. The Morgan fingerprint density at radius 2 is 0.462 bits per heavy atom. The van der Waals surface area contributed by atoms with Gasteiger partial charge in [0.15, 0.2) is 12.2 Å². The van der Waals surface area contributed by atoms with Crippen LogP contribution in [-0.2, 0) is 65.4 Å². The molecule has 540 valence electrons. The maximum Gasteiger partial charge on any atom is 0.472 e. The molecule has 5 atom stereocenters. The number of phosphoric acid groups is 2. The summed E-state index contributed by atoms with van der Waals surface area (Å²) in [5, 5.41) is 10.6. The molecule has 0 aliphatic rings. The minimum absolute atomic E-state index is 0.104. The van der Waals surface area contributed by atoms with Crippen molar-refractivity contribution in [3.8, 4) is 0 Å². The van der Waals surface area contributed by atoms with Crippen LogP contribution >= 0.6 is 15.6 Å². The van der Waals surface area contributed by atoms with Crippen LogP contribution in [0.4, 0.5) is 0 Å². The molecule has 0 aromatic carbocycles. The Morgan fingerprint density at radius 3 is 0.681 bits per heavy atom. The van der Waals surface area contributed by atoms with Crippen LogP contribution in [0, 0.1) is 23.7 Å². The van der Waals surface area contributed by atoms with Crippen LogP contribution in [0.25, 0.3) is 0 Å². The van der Waals surface area contributed by atoms with Crippen LogP contribution in [0.15, 0.2) is 0 Å². The predicted octanol–water partition coefficient (Wildman–Crippen LogP) is 20.5. The Morgan fingerprint density at radius 1 is 0.275 bits per heavy atom. The van der Waals surface area contributed by atoms with Gasteiger partial charge in [-0.25, -0.2) is 9.13 Å². The average molecular weight is 1340 g/mol. The number of esters is 4. The topological polar surface area (TPSA) is 237 Å². The third kappa shape index (κ3) is 66.5. The van der Waals surface area contributed by atoms with E-state index >= 15 is 0 Å². The smallest absolute Gasteiger partial charge is 0.462 e. The van der Waals surface area contributed by atoms with Gasteiger partial charge in [0.2, 0.25) is 0 Å². The number of unbranched alkanes of at least 4 members (excludes halogenated alkanes) is 35. The molecule has 0 heterocycles. The van der Waals surface area contributed by atoms with E-state index in [0.29, 0.717) is 37.5 Å². The van der Waals surface area contributed by atoms with Gasteiger partial charge >= 0.3 is 39.5 Å². The van der Waals surface area contributed by atoms with Gasteiger partial charge in [0, 0.05) is 25.7 Å². The number of rotatable bonds is 69. The predicted molar refractivity (Wildman–Crippen MR) is 367 cm³/mol. The van der Waals surface area contributed by atoms with Crippen LogP contribution in [0.2, 0.25) is 0 Å². The van der Waals surface area contributed by atoms with Crippen molar-refractivity contribution in [2.75, 3.05) is 39.6 Å². The van der Waals surface area contributed by atoms with E-state index in [9.17, 15) is 43.2 Å². The highest BCUT2D eigenvalue weighted by Crippen LogP contribution is 2.45. The first-order chi connectivity index (χ1) is 43.6. The van der Waals surface area contributed by atoms with Crippen molar-refractivity contribution in [1.29, 1.82) is 0 Å². The summed E-state index contributed by atoms with van der Waals surface area (Å²) in [4.78, 5) is 72.5. The van der Waals surface area contributed by atoms with E-state index in [0.717, 1.165) is 115 Å². The van der Waals surface area contributed by atoms with Gasteiger partial charge in [-0.2, -0.15) is 0 Å². The maximum atomic E-state index is 13.0. The number of aliphatic hydroxyl groups is 1. The van der Waals surface area contributed by atoms with Gasteiger partial charge in [-0.05, 0) is 49.4 Å². The number of carbonyl (C=O) groups is 4. The Kier molecular flexibility index (Phi) is 60.3. The van der Waals surface area contributed by atoms with Crippen LogP contribution in [0.5, 0.6) is 0 Å². The summed E-state index contributed by atoms with van der Waals surface area (Å²) in [5.41, 5.74) is 0. The summed E-state index contributed by atoms with van der Waals surface area (Å²) in [5.74, 6) is 0.816. The zero-order valence-corrected chi connectivity index (χ0v) is 61.3. The molecule has 0 bridgehead atoms. The lowest BCUT2D eigenvalue weighted by molar-refractivity contribution is -0.161. The van der Waals surface area contributed by atoms with Crippen molar-refractivity contribution < 1.29 is 80.2 Å². The third-order valence-corrected chi connectivity index (χ3v) is 18.5. The first-order valence-corrected chi connectivity index (χ1v) is 40.2. The number of aliphatic hydroxyl groups excluding tert-OH is 1. The fourth-order valence-electron chi connectivity index (χ4n) is 10.8. The Bertz CT molecular complexity index is 1800. The van der Waals surface area contributed by atoms with Crippen molar-refractivity contribution in [2.24, 2.45) is 23.7 Å². The molecule has 0 fully saturated rings. The molecule has 0 aliphatic heterocycles. The molecule has 0 spiro atoms. The summed E-state index contributed by atoms with van der Waals surface area (Å²) in [6, 6.07) is 0. The molecule has 3 N–H and O–H groups in total. The highest BCUT2D eigenvalue weighted by atomic mass is 31.2. The van der Waals surface area contributed by atoms with Crippen molar-refractivity contribution in [3.05, 3.63) is 0 Å². The standard InChI is InChI=1S/C72H140O17P2/c1-62(2)48-40-32-24-19-15-13-11-9-10-12-14-16-21-27-38-46-54-71(76)88-67(58-82-69(74)52-44-36-29-23-26-34-42-50-64(5)6)60-86-90(78,79)84-56-66(73)57-85-91(80,81)87-61-68(59-83-70(75)53-45-37-31-30-35-43-51-65(7)8)89-72(77)55-47-39-28-22-18-17-20-25-33-41-49-63(3)4/h62-68,73H,9-61H2,1-8H3,(H,78,79)(H,80,81)/t66-,67-,68-/m1/s1. The highest BCUT2D eigenvalue weighted by molar-refractivity contribution is 7.47. The molecule has 0 rings (SSSR count). The molecule has 0 aromatic heterocycles. The summed E-state index contributed by atoms with van der Waals surface area (Å²) in [7, 11) is -9.90. The summed E-state index contributed by atoms with van der Waals surface area (Å²) in [6.45, 7) is 14.0. The molecule has 19 heteroatoms. The Hall–Kier alpha value is -1.94. The van der Waals surface area contributed by atoms with Crippen molar-refractivity contribution in [1.82, 2.24) is 0 Å². The van der Waals surface area contributed by atoms with E-state index in [1.54, 1.807) is 0 Å². The molecule has 0 aromatic rings. The van der Waals surface area contributed by atoms with Gasteiger partial charge in [0.05, 0.1) is 26.4 Å².